The van der Waals surface area contributed by atoms with E-state index in [1.807, 2.05) is 18.0 Å². The highest BCUT2D eigenvalue weighted by molar-refractivity contribution is 7.97. The van der Waals surface area contributed by atoms with Gasteiger partial charge in [0.2, 0.25) is 0 Å². The van der Waals surface area contributed by atoms with E-state index in [4.69, 9.17) is 4.42 Å². The third-order valence-corrected chi connectivity index (χ3v) is 6.91. The molecule has 0 spiro atoms. The van der Waals surface area contributed by atoms with Crippen LogP contribution >= 0.6 is 11.9 Å². The largest absolute Gasteiger partial charge is 0.449 e. The minimum absolute atomic E-state index is 0.219. The number of benzene rings is 1. The first-order valence-corrected chi connectivity index (χ1v) is 11.5. The Kier molecular flexibility index (Phi) is 6.65. The predicted molar refractivity (Wildman–Crippen MR) is 125 cm³/mol. The highest BCUT2D eigenvalue weighted by Gasteiger charge is 2.38. The maximum absolute atomic E-state index is 12.4. The first-order valence-electron chi connectivity index (χ1n) is 10.8. The molecule has 7 heteroatoms. The molecule has 0 bridgehead atoms. The first-order chi connectivity index (χ1) is 14.9. The molecule has 1 aliphatic rings. The van der Waals surface area contributed by atoms with Crippen LogP contribution in [-0.4, -0.2) is 53.3 Å². The fourth-order valence-electron chi connectivity index (χ4n) is 3.73. The number of amides is 1. The van der Waals surface area contributed by atoms with Crippen molar-refractivity contribution in [3.63, 3.8) is 0 Å². The monoisotopic (exact) mass is 438 g/mol. The van der Waals surface area contributed by atoms with Gasteiger partial charge in [-0.2, -0.15) is 0 Å². The van der Waals surface area contributed by atoms with E-state index in [1.165, 1.54) is 11.3 Å². The van der Waals surface area contributed by atoms with Crippen molar-refractivity contribution in [3.05, 3.63) is 60.1 Å². The van der Waals surface area contributed by atoms with E-state index in [1.54, 1.807) is 18.5 Å². The van der Waals surface area contributed by atoms with Crippen molar-refractivity contribution in [3.8, 4) is 0 Å². The second kappa shape index (κ2) is 9.42. The van der Waals surface area contributed by atoms with E-state index >= 15 is 0 Å². The average molecular weight is 439 g/mol. The van der Waals surface area contributed by atoms with Crippen LogP contribution in [0.5, 0.6) is 0 Å². The molecule has 1 saturated heterocycles. The fraction of sp³-hybridized carbons (Fsp3) is 0.417. The lowest BCUT2D eigenvalue weighted by molar-refractivity contribution is 0.0794. The minimum atomic E-state index is -0.219. The number of fused-ring (bicyclic) bond motifs is 1. The van der Waals surface area contributed by atoms with E-state index in [2.05, 4.69) is 64.7 Å². The number of nitrogens with one attached hydrogen (secondary N) is 1. The van der Waals surface area contributed by atoms with E-state index in [0.29, 0.717) is 23.3 Å². The molecule has 0 aliphatic carbocycles. The number of hydrogen-bond donors (Lipinski definition) is 1. The van der Waals surface area contributed by atoms with Crippen molar-refractivity contribution in [2.24, 2.45) is 5.41 Å². The standard InChI is InChI=1S/C24H30N4O2S/c1-4-27(3)12-10-24(2)16-28(17-24)31-20-7-5-18(6-8-20)14-26-23(29)21-13-19-9-11-25-15-22(19)30-21/h5-9,11,13,15H,4,10,12,14,16-17H2,1-3H3,(H,26,29). The second-order valence-electron chi connectivity index (χ2n) is 8.70. The Morgan fingerprint density at radius 3 is 2.77 bits per heavy atom. The number of carbonyl (C=O) groups is 1. The summed E-state index contributed by atoms with van der Waals surface area (Å²) in [5.74, 6) is 0.0874. The summed E-state index contributed by atoms with van der Waals surface area (Å²) in [7, 11) is 2.19. The number of rotatable bonds is 9. The van der Waals surface area contributed by atoms with Gasteiger partial charge in [0.25, 0.3) is 5.91 Å². The van der Waals surface area contributed by atoms with Crippen LogP contribution < -0.4 is 5.32 Å². The number of furan rings is 1. The molecule has 0 saturated carbocycles. The van der Waals surface area contributed by atoms with Crippen molar-refractivity contribution in [1.29, 1.82) is 0 Å². The van der Waals surface area contributed by atoms with Crippen LogP contribution in [0.3, 0.4) is 0 Å². The average Bonchev–Trinajstić information content (AvgIpc) is 3.20. The van der Waals surface area contributed by atoms with Gasteiger partial charge in [0.05, 0.1) is 6.20 Å². The number of hydrogen-bond acceptors (Lipinski definition) is 6. The van der Waals surface area contributed by atoms with Crippen LogP contribution in [0.1, 0.15) is 36.4 Å². The maximum atomic E-state index is 12.4. The molecule has 0 atom stereocenters. The summed E-state index contributed by atoms with van der Waals surface area (Å²) < 4.78 is 8.00. The molecule has 1 fully saturated rings. The summed E-state index contributed by atoms with van der Waals surface area (Å²) in [6.07, 6.45) is 4.55. The molecule has 1 aliphatic heterocycles. The molecule has 1 N–H and O–H groups in total. The zero-order chi connectivity index (χ0) is 21.8. The fourth-order valence-corrected chi connectivity index (χ4v) is 5.04. The molecular weight excluding hydrogens is 408 g/mol. The Morgan fingerprint density at radius 2 is 2.06 bits per heavy atom. The predicted octanol–water partition coefficient (Wildman–Crippen LogP) is 4.43. The molecule has 3 aromatic rings. The van der Waals surface area contributed by atoms with E-state index in [-0.39, 0.29) is 5.91 Å². The number of pyridine rings is 1. The van der Waals surface area contributed by atoms with E-state index < -0.39 is 0 Å². The van der Waals surface area contributed by atoms with Crippen molar-refractivity contribution in [2.75, 3.05) is 33.2 Å². The van der Waals surface area contributed by atoms with Gasteiger partial charge in [0, 0.05) is 36.1 Å². The topological polar surface area (TPSA) is 61.6 Å². The summed E-state index contributed by atoms with van der Waals surface area (Å²) in [6, 6.07) is 12.0. The van der Waals surface area contributed by atoms with Gasteiger partial charge >= 0.3 is 0 Å². The van der Waals surface area contributed by atoms with Gasteiger partial charge in [-0.25, -0.2) is 4.31 Å². The van der Waals surface area contributed by atoms with Crippen LogP contribution in [-0.2, 0) is 6.54 Å². The Bertz CT molecular complexity index is 994. The minimum Gasteiger partial charge on any atom is -0.449 e. The van der Waals surface area contributed by atoms with Gasteiger partial charge in [-0.15, -0.1) is 0 Å². The molecule has 2 aromatic heterocycles. The molecule has 164 valence electrons. The normalized spacial score (nSPS) is 15.9. The summed E-state index contributed by atoms with van der Waals surface area (Å²) in [5, 5.41) is 3.80. The van der Waals surface area contributed by atoms with Gasteiger partial charge in [0.15, 0.2) is 11.3 Å². The Labute approximate surface area is 188 Å². The van der Waals surface area contributed by atoms with Crippen LogP contribution in [0.4, 0.5) is 0 Å². The molecular formula is C24H30N4O2S. The van der Waals surface area contributed by atoms with Gasteiger partial charge in [-0.3, -0.25) is 9.78 Å². The SMILES string of the molecule is CCN(C)CCC1(C)CN(Sc2ccc(CNC(=O)c3cc4ccncc4o3)cc2)C1. The van der Waals surface area contributed by atoms with Gasteiger partial charge < -0.3 is 14.6 Å². The van der Waals surface area contributed by atoms with E-state index in [9.17, 15) is 4.79 Å². The molecule has 6 nitrogen and oxygen atoms in total. The van der Waals surface area contributed by atoms with Crippen molar-refractivity contribution < 1.29 is 9.21 Å². The Balaban J connectivity index is 1.23. The van der Waals surface area contributed by atoms with Crippen molar-refractivity contribution in [1.82, 2.24) is 19.5 Å². The lowest BCUT2D eigenvalue weighted by Gasteiger charge is -2.47. The first kappa shape index (κ1) is 21.9. The summed E-state index contributed by atoms with van der Waals surface area (Å²) >= 11 is 1.82. The summed E-state index contributed by atoms with van der Waals surface area (Å²) in [6.45, 7) is 9.58. The molecule has 4 rings (SSSR count). The van der Waals surface area contributed by atoms with Crippen LogP contribution in [0.25, 0.3) is 11.0 Å². The lowest BCUT2D eigenvalue weighted by atomic mass is 9.81. The maximum Gasteiger partial charge on any atom is 0.287 e. The van der Waals surface area contributed by atoms with Gasteiger partial charge in [-0.05, 0) is 73.7 Å². The Hall–Kier alpha value is -2.35. The second-order valence-corrected chi connectivity index (χ2v) is 9.87. The molecule has 31 heavy (non-hydrogen) atoms. The number of nitrogens with zero attached hydrogens (tertiary/aromatic N) is 3. The molecule has 1 aromatic carbocycles. The smallest absolute Gasteiger partial charge is 0.287 e. The molecule has 1 amide bonds. The summed E-state index contributed by atoms with van der Waals surface area (Å²) in [4.78, 5) is 20.0. The van der Waals surface area contributed by atoms with Crippen LogP contribution in [0.15, 0.2) is 58.1 Å². The third kappa shape index (κ3) is 5.47. The number of aromatic nitrogens is 1. The van der Waals surface area contributed by atoms with E-state index in [0.717, 1.165) is 37.1 Å². The zero-order valence-corrected chi connectivity index (χ0v) is 19.2. The third-order valence-electron chi connectivity index (χ3n) is 5.91. The highest BCUT2D eigenvalue weighted by Crippen LogP contribution is 2.40. The highest BCUT2D eigenvalue weighted by atomic mass is 32.2. The zero-order valence-electron chi connectivity index (χ0n) is 18.4. The number of carbonyl (C=O) groups excluding carboxylic acids is 1. The summed E-state index contributed by atoms with van der Waals surface area (Å²) in [5.41, 5.74) is 2.10. The quantitative estimate of drug-likeness (QED) is 0.499. The molecule has 0 unspecified atom stereocenters. The lowest BCUT2D eigenvalue weighted by Crippen LogP contribution is -2.52. The Morgan fingerprint density at radius 1 is 1.29 bits per heavy atom. The van der Waals surface area contributed by atoms with Crippen molar-refractivity contribution >= 4 is 28.8 Å². The van der Waals surface area contributed by atoms with Crippen molar-refractivity contribution in [2.45, 2.75) is 31.7 Å². The van der Waals surface area contributed by atoms with Gasteiger partial charge in [-0.1, -0.05) is 26.0 Å². The molecule has 3 heterocycles. The van der Waals surface area contributed by atoms with Crippen LogP contribution in [0.2, 0.25) is 0 Å². The molecule has 0 radical (unpaired) electrons. The van der Waals surface area contributed by atoms with Gasteiger partial charge in [0.1, 0.15) is 0 Å². The van der Waals surface area contributed by atoms with Crippen LogP contribution in [0, 0.1) is 5.41 Å².